The van der Waals surface area contributed by atoms with Gasteiger partial charge in [0.2, 0.25) is 0 Å². The van der Waals surface area contributed by atoms with Crippen LogP contribution in [0.2, 0.25) is 0 Å². The van der Waals surface area contributed by atoms with Crippen molar-refractivity contribution in [1.82, 2.24) is 14.5 Å². The topological polar surface area (TPSA) is 21.1 Å². The molecule has 1 aliphatic carbocycles. The van der Waals surface area contributed by atoms with E-state index in [1.807, 2.05) is 6.07 Å². The van der Waals surface area contributed by atoms with Crippen molar-refractivity contribution in [1.29, 1.82) is 0 Å². The highest BCUT2D eigenvalue weighted by Crippen LogP contribution is 2.32. The number of nitrogens with zero attached hydrogens (tertiary/aromatic N) is 3. The first-order valence-electron chi connectivity index (χ1n) is 6.37. The molecule has 4 heteroatoms. The summed E-state index contributed by atoms with van der Waals surface area (Å²) in [6.45, 7) is 0. The fourth-order valence-corrected chi connectivity index (χ4v) is 3.33. The van der Waals surface area contributed by atoms with Crippen molar-refractivity contribution in [3.8, 4) is 0 Å². The van der Waals surface area contributed by atoms with Gasteiger partial charge in [-0.1, -0.05) is 0 Å². The third kappa shape index (κ3) is 1.79. The fourth-order valence-electron chi connectivity index (χ4n) is 3.03. The molecular weight excluding hydrogens is 290 g/mol. The Labute approximate surface area is 116 Å². The molecule has 96 valence electrons. The average molecular weight is 308 g/mol. The van der Waals surface area contributed by atoms with Gasteiger partial charge in [0.05, 0.1) is 0 Å². The second-order valence-corrected chi connectivity index (χ2v) is 6.16. The molecule has 2 aromatic rings. The Morgan fingerprint density at radius 3 is 2.89 bits per heavy atom. The van der Waals surface area contributed by atoms with E-state index in [9.17, 15) is 0 Å². The standard InChI is InChI=1S/C14H18BrN3/c1-17(2)9-4-6-12-11(8-9)10-5-7-13(15)16-14(10)18(12)3/h5,7,9H,4,6,8H2,1-3H3/t9-/m1/s1. The number of pyridine rings is 1. The van der Waals surface area contributed by atoms with Crippen LogP contribution in [0.3, 0.4) is 0 Å². The number of halogens is 1. The zero-order valence-electron chi connectivity index (χ0n) is 11.1. The Hall–Kier alpha value is -0.870. The molecule has 3 nitrogen and oxygen atoms in total. The molecule has 0 aromatic carbocycles. The SMILES string of the molecule is CN(C)[C@@H]1CCc2c(c3ccc(Br)nc3n2C)C1. The predicted octanol–water partition coefficient (Wildman–Crippen LogP) is 2.75. The maximum absolute atomic E-state index is 4.62. The smallest absolute Gasteiger partial charge is 0.141 e. The molecule has 0 spiro atoms. The zero-order chi connectivity index (χ0) is 12.9. The Morgan fingerprint density at radius 2 is 2.17 bits per heavy atom. The molecule has 0 aliphatic heterocycles. The van der Waals surface area contributed by atoms with E-state index >= 15 is 0 Å². The van der Waals surface area contributed by atoms with Gasteiger partial charge in [-0.25, -0.2) is 4.98 Å². The van der Waals surface area contributed by atoms with Crippen LogP contribution in [-0.2, 0) is 19.9 Å². The van der Waals surface area contributed by atoms with Gasteiger partial charge in [0, 0.05) is 24.2 Å². The second-order valence-electron chi connectivity index (χ2n) is 5.35. The van der Waals surface area contributed by atoms with E-state index in [0.29, 0.717) is 6.04 Å². The summed E-state index contributed by atoms with van der Waals surface area (Å²) in [4.78, 5) is 6.96. The van der Waals surface area contributed by atoms with Gasteiger partial charge < -0.3 is 9.47 Å². The van der Waals surface area contributed by atoms with Gasteiger partial charge in [-0.15, -0.1) is 0 Å². The van der Waals surface area contributed by atoms with Crippen LogP contribution in [0.15, 0.2) is 16.7 Å². The first-order chi connectivity index (χ1) is 8.58. The summed E-state index contributed by atoms with van der Waals surface area (Å²) in [6.07, 6.45) is 3.54. The predicted molar refractivity (Wildman–Crippen MR) is 77.9 cm³/mol. The lowest BCUT2D eigenvalue weighted by molar-refractivity contribution is 0.267. The van der Waals surface area contributed by atoms with Crippen molar-refractivity contribution < 1.29 is 0 Å². The van der Waals surface area contributed by atoms with Gasteiger partial charge in [0.1, 0.15) is 10.3 Å². The van der Waals surface area contributed by atoms with Crippen LogP contribution < -0.4 is 0 Å². The number of likely N-dealkylation sites (N-methyl/N-ethyl adjacent to an activating group) is 1. The van der Waals surface area contributed by atoms with E-state index in [4.69, 9.17) is 0 Å². The molecule has 0 radical (unpaired) electrons. The molecule has 1 aliphatic rings. The molecule has 0 saturated heterocycles. The minimum atomic E-state index is 0.659. The van der Waals surface area contributed by atoms with E-state index in [-0.39, 0.29) is 0 Å². The number of rotatable bonds is 1. The third-order valence-electron chi connectivity index (χ3n) is 4.12. The summed E-state index contributed by atoms with van der Waals surface area (Å²) in [5, 5.41) is 1.32. The highest BCUT2D eigenvalue weighted by Gasteiger charge is 2.25. The number of hydrogen-bond donors (Lipinski definition) is 0. The van der Waals surface area contributed by atoms with Crippen LogP contribution in [0, 0.1) is 0 Å². The summed E-state index contributed by atoms with van der Waals surface area (Å²) in [7, 11) is 6.49. The molecule has 18 heavy (non-hydrogen) atoms. The van der Waals surface area contributed by atoms with E-state index in [1.54, 1.807) is 0 Å². The molecule has 3 rings (SSSR count). The van der Waals surface area contributed by atoms with E-state index < -0.39 is 0 Å². The quantitative estimate of drug-likeness (QED) is 0.755. The van der Waals surface area contributed by atoms with Crippen molar-refractivity contribution >= 4 is 27.0 Å². The summed E-state index contributed by atoms with van der Waals surface area (Å²) < 4.78 is 3.18. The molecule has 0 fully saturated rings. The van der Waals surface area contributed by atoms with Crippen LogP contribution in [-0.4, -0.2) is 34.6 Å². The molecule has 0 unspecified atom stereocenters. The Balaban J connectivity index is 2.16. The Morgan fingerprint density at radius 1 is 1.39 bits per heavy atom. The number of aromatic nitrogens is 2. The van der Waals surface area contributed by atoms with Gasteiger partial charge in [-0.05, 0) is 67.0 Å². The van der Waals surface area contributed by atoms with Crippen LogP contribution in [0.4, 0.5) is 0 Å². The van der Waals surface area contributed by atoms with E-state index in [2.05, 4.69) is 57.6 Å². The van der Waals surface area contributed by atoms with Gasteiger partial charge >= 0.3 is 0 Å². The third-order valence-corrected chi connectivity index (χ3v) is 4.56. The van der Waals surface area contributed by atoms with E-state index in [0.717, 1.165) is 23.1 Å². The highest BCUT2D eigenvalue weighted by atomic mass is 79.9. The molecule has 0 bridgehead atoms. The summed E-state index contributed by atoms with van der Waals surface area (Å²) in [5.41, 5.74) is 4.07. The zero-order valence-corrected chi connectivity index (χ0v) is 12.7. The number of hydrogen-bond acceptors (Lipinski definition) is 2. The molecule has 0 N–H and O–H groups in total. The minimum Gasteiger partial charge on any atom is -0.332 e. The van der Waals surface area contributed by atoms with Crippen LogP contribution >= 0.6 is 15.9 Å². The molecule has 2 aromatic heterocycles. The first-order valence-corrected chi connectivity index (χ1v) is 7.16. The lowest BCUT2D eigenvalue weighted by Gasteiger charge is -2.28. The second kappa shape index (κ2) is 4.35. The molecule has 0 saturated carbocycles. The Bertz CT molecular complexity index is 601. The average Bonchev–Trinajstić information content (AvgIpc) is 2.62. The van der Waals surface area contributed by atoms with Crippen molar-refractivity contribution in [2.75, 3.05) is 14.1 Å². The monoisotopic (exact) mass is 307 g/mol. The highest BCUT2D eigenvalue weighted by molar-refractivity contribution is 9.10. The van der Waals surface area contributed by atoms with Gasteiger partial charge in [-0.3, -0.25) is 0 Å². The lowest BCUT2D eigenvalue weighted by Crippen LogP contribution is -2.33. The number of fused-ring (bicyclic) bond motifs is 3. The summed E-state index contributed by atoms with van der Waals surface area (Å²) in [6, 6.07) is 4.90. The summed E-state index contributed by atoms with van der Waals surface area (Å²) >= 11 is 3.46. The van der Waals surface area contributed by atoms with Crippen LogP contribution in [0.1, 0.15) is 17.7 Å². The van der Waals surface area contributed by atoms with Gasteiger partial charge in [-0.2, -0.15) is 0 Å². The summed E-state index contributed by atoms with van der Waals surface area (Å²) in [5.74, 6) is 0. The Kier molecular flexibility index (Phi) is 2.94. The van der Waals surface area contributed by atoms with Crippen molar-refractivity contribution in [2.45, 2.75) is 25.3 Å². The van der Waals surface area contributed by atoms with Gasteiger partial charge in [0.15, 0.2) is 0 Å². The van der Waals surface area contributed by atoms with Crippen molar-refractivity contribution in [2.24, 2.45) is 7.05 Å². The molecule has 1 atom stereocenters. The van der Waals surface area contributed by atoms with E-state index in [1.165, 1.54) is 23.1 Å². The maximum Gasteiger partial charge on any atom is 0.141 e. The van der Waals surface area contributed by atoms with Crippen molar-refractivity contribution in [3.05, 3.63) is 28.0 Å². The fraction of sp³-hybridized carbons (Fsp3) is 0.500. The minimum absolute atomic E-state index is 0.659. The lowest BCUT2D eigenvalue weighted by atomic mass is 9.91. The largest absolute Gasteiger partial charge is 0.332 e. The van der Waals surface area contributed by atoms with Crippen LogP contribution in [0.5, 0.6) is 0 Å². The maximum atomic E-state index is 4.62. The van der Waals surface area contributed by atoms with Crippen LogP contribution in [0.25, 0.3) is 11.0 Å². The first kappa shape index (κ1) is 12.2. The number of aryl methyl sites for hydroxylation is 1. The molecular formula is C14H18BrN3. The van der Waals surface area contributed by atoms with Crippen molar-refractivity contribution in [3.63, 3.8) is 0 Å². The molecule has 2 heterocycles. The normalized spacial score (nSPS) is 19.5. The molecule has 0 amide bonds. The van der Waals surface area contributed by atoms with Gasteiger partial charge in [0.25, 0.3) is 0 Å².